The fourth-order valence-corrected chi connectivity index (χ4v) is 1.84. The van der Waals surface area contributed by atoms with Crippen molar-refractivity contribution in [2.75, 3.05) is 0 Å². The Kier molecular flexibility index (Phi) is 3.37. The molecular weight excluding hydrogens is 196 g/mol. The molecule has 1 aliphatic rings. The molecule has 0 bridgehead atoms. The first-order valence-corrected chi connectivity index (χ1v) is 5.57. The van der Waals surface area contributed by atoms with Crippen molar-refractivity contribution in [2.45, 2.75) is 18.9 Å². The Morgan fingerprint density at radius 2 is 1.94 bits per heavy atom. The molecular formula is C15H16O. The van der Waals surface area contributed by atoms with E-state index in [2.05, 4.69) is 25.1 Å². The monoisotopic (exact) mass is 212 g/mol. The Bertz CT molecular complexity index is 426. The molecule has 2 unspecified atom stereocenters. The molecule has 16 heavy (non-hydrogen) atoms. The summed E-state index contributed by atoms with van der Waals surface area (Å²) >= 11 is 0. The number of aliphatic hydroxyl groups excluding tert-OH is 1. The Hall–Kier alpha value is -1.60. The summed E-state index contributed by atoms with van der Waals surface area (Å²) in [7, 11) is 0. The average Bonchev–Trinajstić information content (AvgIpc) is 2.33. The van der Waals surface area contributed by atoms with Crippen LogP contribution in [0.1, 0.15) is 18.4 Å². The maximum atomic E-state index is 9.76. The van der Waals surface area contributed by atoms with E-state index in [1.165, 1.54) is 5.56 Å². The third-order valence-corrected chi connectivity index (χ3v) is 2.80. The van der Waals surface area contributed by atoms with Crippen LogP contribution >= 0.6 is 0 Å². The minimum absolute atomic E-state index is 0.321. The number of allylic oxidation sites excluding steroid dienone is 3. The third kappa shape index (κ3) is 2.50. The summed E-state index contributed by atoms with van der Waals surface area (Å²) in [5.74, 6) is 0.321. The maximum Gasteiger partial charge on any atom is 0.0971 e. The van der Waals surface area contributed by atoms with E-state index in [0.717, 1.165) is 5.57 Å². The van der Waals surface area contributed by atoms with Gasteiger partial charge in [-0.15, -0.1) is 0 Å². The van der Waals surface area contributed by atoms with Gasteiger partial charge in [0.2, 0.25) is 0 Å². The van der Waals surface area contributed by atoms with Gasteiger partial charge in [-0.05, 0) is 17.1 Å². The summed E-state index contributed by atoms with van der Waals surface area (Å²) in [6, 6.07) is 10.3. The normalized spacial score (nSPS) is 23.6. The first-order valence-electron chi connectivity index (χ1n) is 5.57. The minimum atomic E-state index is -0.462. The van der Waals surface area contributed by atoms with E-state index >= 15 is 0 Å². The molecule has 1 nitrogen and oxygen atoms in total. The molecule has 2 atom stereocenters. The molecule has 1 N–H and O–H groups in total. The largest absolute Gasteiger partial charge is 0.384 e. The Balaban J connectivity index is 2.18. The van der Waals surface area contributed by atoms with Gasteiger partial charge in [0, 0.05) is 0 Å². The summed E-state index contributed by atoms with van der Waals surface area (Å²) in [4.78, 5) is 0. The van der Waals surface area contributed by atoms with Crippen molar-refractivity contribution in [3.8, 4) is 0 Å². The Morgan fingerprint density at radius 1 is 1.19 bits per heavy atom. The third-order valence-electron chi connectivity index (χ3n) is 2.80. The zero-order chi connectivity index (χ0) is 11.4. The SMILES string of the molecule is CC(C=C1C=CC=CC1O)c1ccccc1. The standard InChI is InChI=1S/C15H16O/c1-12(13-7-3-2-4-8-13)11-14-9-5-6-10-15(14)16/h2-12,15-16H,1H3. The second-order valence-corrected chi connectivity index (χ2v) is 4.05. The van der Waals surface area contributed by atoms with Crippen LogP contribution in [0.3, 0.4) is 0 Å². The van der Waals surface area contributed by atoms with E-state index in [0.29, 0.717) is 5.92 Å². The van der Waals surface area contributed by atoms with E-state index in [4.69, 9.17) is 0 Å². The second-order valence-electron chi connectivity index (χ2n) is 4.05. The lowest BCUT2D eigenvalue weighted by molar-refractivity contribution is 0.261. The number of hydrogen-bond acceptors (Lipinski definition) is 1. The van der Waals surface area contributed by atoms with Crippen LogP contribution in [0.15, 0.2) is 66.3 Å². The van der Waals surface area contributed by atoms with Gasteiger partial charge in [0.15, 0.2) is 0 Å². The maximum absolute atomic E-state index is 9.76. The van der Waals surface area contributed by atoms with Crippen molar-refractivity contribution in [1.29, 1.82) is 0 Å². The van der Waals surface area contributed by atoms with Crippen molar-refractivity contribution < 1.29 is 5.11 Å². The van der Waals surface area contributed by atoms with Gasteiger partial charge < -0.3 is 5.11 Å². The number of rotatable bonds is 2. The lowest BCUT2D eigenvalue weighted by atomic mass is 9.95. The van der Waals surface area contributed by atoms with E-state index in [9.17, 15) is 5.11 Å². The number of aliphatic hydroxyl groups is 1. The van der Waals surface area contributed by atoms with Crippen LogP contribution in [0.25, 0.3) is 0 Å². The predicted octanol–water partition coefficient (Wildman–Crippen LogP) is 3.20. The van der Waals surface area contributed by atoms with Crippen molar-refractivity contribution in [1.82, 2.24) is 0 Å². The second kappa shape index (κ2) is 4.95. The van der Waals surface area contributed by atoms with Crippen LogP contribution in [0.5, 0.6) is 0 Å². The molecule has 1 heteroatoms. The van der Waals surface area contributed by atoms with Crippen LogP contribution in [-0.2, 0) is 0 Å². The highest BCUT2D eigenvalue weighted by molar-refractivity contribution is 5.37. The van der Waals surface area contributed by atoms with Crippen LogP contribution in [0.4, 0.5) is 0 Å². The summed E-state index contributed by atoms with van der Waals surface area (Å²) in [5.41, 5.74) is 2.24. The first kappa shape index (κ1) is 10.9. The summed E-state index contributed by atoms with van der Waals surface area (Å²) < 4.78 is 0. The van der Waals surface area contributed by atoms with Gasteiger partial charge in [-0.25, -0.2) is 0 Å². The van der Waals surface area contributed by atoms with E-state index in [1.807, 2.05) is 36.4 Å². The predicted molar refractivity (Wildman–Crippen MR) is 67.2 cm³/mol. The van der Waals surface area contributed by atoms with Gasteiger partial charge in [0.25, 0.3) is 0 Å². The van der Waals surface area contributed by atoms with Crippen molar-refractivity contribution in [3.63, 3.8) is 0 Å². The number of benzene rings is 1. The molecule has 1 aromatic carbocycles. The molecule has 0 amide bonds. The molecule has 1 aliphatic carbocycles. The molecule has 0 heterocycles. The molecule has 82 valence electrons. The minimum Gasteiger partial charge on any atom is -0.384 e. The molecule has 0 saturated heterocycles. The summed E-state index contributed by atoms with van der Waals surface area (Å²) in [6.07, 6.45) is 9.23. The van der Waals surface area contributed by atoms with Gasteiger partial charge in [-0.1, -0.05) is 67.6 Å². The van der Waals surface area contributed by atoms with Crippen molar-refractivity contribution >= 4 is 0 Å². The van der Waals surface area contributed by atoms with Gasteiger partial charge in [0.1, 0.15) is 0 Å². The molecule has 0 saturated carbocycles. The lowest BCUT2D eigenvalue weighted by Gasteiger charge is -2.14. The average molecular weight is 212 g/mol. The fraction of sp³-hybridized carbons (Fsp3) is 0.200. The Morgan fingerprint density at radius 3 is 2.62 bits per heavy atom. The van der Waals surface area contributed by atoms with E-state index in [1.54, 1.807) is 6.08 Å². The van der Waals surface area contributed by atoms with E-state index < -0.39 is 6.10 Å². The van der Waals surface area contributed by atoms with Crippen molar-refractivity contribution in [3.05, 3.63) is 71.8 Å². The van der Waals surface area contributed by atoms with Gasteiger partial charge in [-0.2, -0.15) is 0 Å². The molecule has 2 rings (SSSR count). The topological polar surface area (TPSA) is 20.2 Å². The fourth-order valence-electron chi connectivity index (χ4n) is 1.84. The molecule has 0 fully saturated rings. The summed E-state index contributed by atoms with van der Waals surface area (Å²) in [5, 5.41) is 9.76. The van der Waals surface area contributed by atoms with Crippen LogP contribution in [-0.4, -0.2) is 11.2 Å². The number of hydrogen-bond donors (Lipinski definition) is 1. The zero-order valence-electron chi connectivity index (χ0n) is 9.38. The van der Waals surface area contributed by atoms with Crippen LogP contribution < -0.4 is 0 Å². The van der Waals surface area contributed by atoms with E-state index in [-0.39, 0.29) is 0 Å². The highest BCUT2D eigenvalue weighted by Gasteiger charge is 2.09. The lowest BCUT2D eigenvalue weighted by Crippen LogP contribution is -2.08. The molecule has 0 spiro atoms. The molecule has 1 aromatic rings. The van der Waals surface area contributed by atoms with Gasteiger partial charge in [-0.3, -0.25) is 0 Å². The van der Waals surface area contributed by atoms with Crippen LogP contribution in [0.2, 0.25) is 0 Å². The molecule has 0 aliphatic heterocycles. The quantitative estimate of drug-likeness (QED) is 0.798. The smallest absolute Gasteiger partial charge is 0.0971 e. The summed E-state index contributed by atoms with van der Waals surface area (Å²) in [6.45, 7) is 2.14. The highest BCUT2D eigenvalue weighted by Crippen LogP contribution is 2.21. The molecule has 0 radical (unpaired) electrons. The molecule has 0 aromatic heterocycles. The first-order chi connectivity index (χ1) is 7.77. The van der Waals surface area contributed by atoms with Crippen molar-refractivity contribution in [2.24, 2.45) is 0 Å². The Labute approximate surface area is 96.4 Å². The van der Waals surface area contributed by atoms with Crippen LogP contribution in [0, 0.1) is 0 Å². The van der Waals surface area contributed by atoms with Gasteiger partial charge in [0.05, 0.1) is 6.10 Å². The highest BCUT2D eigenvalue weighted by atomic mass is 16.3. The van der Waals surface area contributed by atoms with Gasteiger partial charge >= 0.3 is 0 Å². The zero-order valence-corrected chi connectivity index (χ0v) is 9.38.